The third-order valence-corrected chi connectivity index (χ3v) is 8.71. The zero-order valence-corrected chi connectivity index (χ0v) is 15.7. The fraction of sp³-hybridized carbons (Fsp3) is 0.727. The van der Waals surface area contributed by atoms with E-state index in [-0.39, 0.29) is 34.2 Å². The van der Waals surface area contributed by atoms with Crippen molar-refractivity contribution >= 4 is 11.6 Å². The number of carbonyl (C=O) groups is 2. The fourth-order valence-corrected chi connectivity index (χ4v) is 7.88. The van der Waals surface area contributed by atoms with Gasteiger partial charge >= 0.3 is 0 Å². The minimum atomic E-state index is -0.145. The maximum atomic E-state index is 12.4. The maximum Gasteiger partial charge on any atom is 0.178 e. The molecule has 3 saturated carbocycles. The van der Waals surface area contributed by atoms with Crippen molar-refractivity contribution in [1.29, 1.82) is 0 Å². The summed E-state index contributed by atoms with van der Waals surface area (Å²) in [7, 11) is 0. The zero-order valence-electron chi connectivity index (χ0n) is 15.7. The number of epoxide rings is 1. The van der Waals surface area contributed by atoms with Gasteiger partial charge in [-0.15, -0.1) is 0 Å². The molecule has 1 saturated heterocycles. The van der Waals surface area contributed by atoms with E-state index in [1.54, 1.807) is 13.0 Å². The number of Topliss-reactive ketones (excluding diaryl/α,β-unsaturated/α-hetero) is 1. The second-order valence-electron chi connectivity index (χ2n) is 9.77. The van der Waals surface area contributed by atoms with E-state index in [2.05, 4.69) is 26.8 Å². The molecular formula is C22H28O3. The van der Waals surface area contributed by atoms with Gasteiger partial charge in [0.05, 0.1) is 6.10 Å². The minimum absolute atomic E-state index is 0.0758. The van der Waals surface area contributed by atoms with Gasteiger partial charge in [0.1, 0.15) is 11.4 Å². The van der Waals surface area contributed by atoms with Crippen LogP contribution in [0, 0.1) is 34.5 Å². The van der Waals surface area contributed by atoms with Crippen molar-refractivity contribution < 1.29 is 14.3 Å². The molecule has 5 aliphatic rings. The Morgan fingerprint density at radius 3 is 2.76 bits per heavy atom. The quantitative estimate of drug-likeness (QED) is 0.681. The summed E-state index contributed by atoms with van der Waals surface area (Å²) in [6.45, 7) is 8.68. The molecule has 0 amide bonds. The predicted molar refractivity (Wildman–Crippen MR) is 94.8 cm³/mol. The van der Waals surface area contributed by atoms with Crippen molar-refractivity contribution in [3.05, 3.63) is 23.8 Å². The fourth-order valence-electron chi connectivity index (χ4n) is 7.88. The van der Waals surface area contributed by atoms with E-state index < -0.39 is 0 Å². The molecule has 2 unspecified atom stereocenters. The Balaban J connectivity index is 1.59. The van der Waals surface area contributed by atoms with Crippen LogP contribution in [0.4, 0.5) is 0 Å². The Bertz CT molecular complexity index is 748. The lowest BCUT2D eigenvalue weighted by Gasteiger charge is -2.54. The van der Waals surface area contributed by atoms with Gasteiger partial charge in [0.15, 0.2) is 5.78 Å². The maximum absolute atomic E-state index is 12.4. The average Bonchev–Trinajstić information content (AvgIpc) is 3.16. The van der Waals surface area contributed by atoms with E-state index in [9.17, 15) is 9.59 Å². The van der Waals surface area contributed by atoms with Gasteiger partial charge in [0.2, 0.25) is 0 Å². The van der Waals surface area contributed by atoms with Gasteiger partial charge in [-0.05, 0) is 74.9 Å². The number of ketones is 2. The molecular weight excluding hydrogens is 312 g/mol. The summed E-state index contributed by atoms with van der Waals surface area (Å²) < 4.78 is 6.53. The monoisotopic (exact) mass is 340 g/mol. The average molecular weight is 340 g/mol. The van der Waals surface area contributed by atoms with Crippen molar-refractivity contribution in [2.45, 2.75) is 65.1 Å². The highest BCUT2D eigenvalue weighted by Gasteiger charge is 2.79. The number of fused-ring (bicyclic) bond motifs is 3. The van der Waals surface area contributed by atoms with Crippen LogP contribution in [0.2, 0.25) is 0 Å². The molecule has 0 aromatic carbocycles. The first kappa shape index (κ1) is 16.0. The van der Waals surface area contributed by atoms with Crippen LogP contribution in [0.3, 0.4) is 0 Å². The van der Waals surface area contributed by atoms with Crippen LogP contribution in [0.1, 0.15) is 53.4 Å². The molecule has 0 aromatic heterocycles. The number of rotatable bonds is 1. The Kier molecular flexibility index (Phi) is 2.90. The van der Waals surface area contributed by atoms with Crippen molar-refractivity contribution in [1.82, 2.24) is 0 Å². The zero-order chi connectivity index (χ0) is 17.8. The molecule has 3 nitrogen and oxygen atoms in total. The van der Waals surface area contributed by atoms with Gasteiger partial charge in [-0.25, -0.2) is 0 Å². The molecule has 3 heteroatoms. The molecule has 8 atom stereocenters. The van der Waals surface area contributed by atoms with E-state index in [1.807, 2.05) is 6.08 Å². The smallest absolute Gasteiger partial charge is 0.178 e. The van der Waals surface area contributed by atoms with Gasteiger partial charge in [0.25, 0.3) is 0 Å². The molecule has 1 spiro atoms. The molecule has 0 N–H and O–H groups in total. The molecule has 134 valence electrons. The van der Waals surface area contributed by atoms with Crippen LogP contribution < -0.4 is 0 Å². The first-order valence-corrected chi connectivity index (χ1v) is 9.86. The molecule has 0 aromatic rings. The third kappa shape index (κ3) is 1.67. The molecule has 0 radical (unpaired) electrons. The van der Waals surface area contributed by atoms with Crippen LogP contribution in [0.15, 0.2) is 23.8 Å². The molecule has 25 heavy (non-hydrogen) atoms. The minimum Gasteiger partial charge on any atom is -0.364 e. The SMILES string of the molecule is CC(=O)[C@H]1C(C)C[C@H]2[C@@H]3CCC4=CC(=O)C=C[C@]4(C)[C@]34OC4C[C@]12C. The van der Waals surface area contributed by atoms with Crippen LogP contribution in [-0.2, 0) is 14.3 Å². The molecule has 4 fully saturated rings. The van der Waals surface area contributed by atoms with Gasteiger partial charge in [0, 0.05) is 11.3 Å². The lowest BCUT2D eigenvalue weighted by atomic mass is 9.47. The normalized spacial score (nSPS) is 55.6. The highest BCUT2D eigenvalue weighted by atomic mass is 16.6. The van der Waals surface area contributed by atoms with Crippen molar-refractivity contribution in [2.75, 3.05) is 0 Å². The van der Waals surface area contributed by atoms with Crippen LogP contribution in [-0.4, -0.2) is 23.3 Å². The van der Waals surface area contributed by atoms with E-state index in [1.165, 1.54) is 5.57 Å². The van der Waals surface area contributed by atoms with Crippen LogP contribution in [0.5, 0.6) is 0 Å². The lowest BCUT2D eigenvalue weighted by Crippen LogP contribution is -2.56. The standard InChI is InChI=1S/C22H28O3/c1-12-9-17-16-6-5-14-10-15(24)7-8-21(14,4)22(16)18(25-22)11-20(17,3)19(12)13(2)23/h7-8,10,12,16-19H,5-6,9,11H2,1-4H3/t12?,16-,17-,18?,19+,20-,21-,22-/m0/s1. The van der Waals surface area contributed by atoms with E-state index in [4.69, 9.17) is 4.74 Å². The van der Waals surface area contributed by atoms with Gasteiger partial charge < -0.3 is 4.74 Å². The van der Waals surface area contributed by atoms with E-state index in [0.717, 1.165) is 25.7 Å². The highest BCUT2D eigenvalue weighted by Crippen LogP contribution is 2.75. The Hall–Kier alpha value is -1.22. The summed E-state index contributed by atoms with van der Waals surface area (Å²) in [5.74, 6) is 2.17. The van der Waals surface area contributed by atoms with E-state index in [0.29, 0.717) is 23.5 Å². The van der Waals surface area contributed by atoms with Gasteiger partial charge in [-0.2, -0.15) is 0 Å². The van der Waals surface area contributed by atoms with Gasteiger partial charge in [-0.1, -0.05) is 25.5 Å². The number of hydrogen-bond donors (Lipinski definition) is 0. The first-order chi connectivity index (χ1) is 11.7. The first-order valence-electron chi connectivity index (χ1n) is 9.86. The lowest BCUT2D eigenvalue weighted by molar-refractivity contribution is -0.127. The largest absolute Gasteiger partial charge is 0.364 e. The summed E-state index contributed by atoms with van der Waals surface area (Å²) in [4.78, 5) is 24.3. The second-order valence-corrected chi connectivity index (χ2v) is 9.77. The summed E-state index contributed by atoms with van der Waals surface area (Å²) in [5, 5.41) is 0. The third-order valence-electron chi connectivity index (χ3n) is 8.71. The van der Waals surface area contributed by atoms with E-state index >= 15 is 0 Å². The van der Waals surface area contributed by atoms with Crippen molar-refractivity contribution in [2.24, 2.45) is 34.5 Å². The molecule has 4 aliphatic carbocycles. The number of ether oxygens (including phenoxy) is 1. The second kappa shape index (κ2) is 4.54. The topological polar surface area (TPSA) is 46.7 Å². The molecule has 1 aliphatic heterocycles. The summed E-state index contributed by atoms with van der Waals surface area (Å²) in [5.41, 5.74) is 1.06. The van der Waals surface area contributed by atoms with Crippen molar-refractivity contribution in [3.63, 3.8) is 0 Å². The van der Waals surface area contributed by atoms with Crippen LogP contribution in [0.25, 0.3) is 0 Å². The summed E-state index contributed by atoms with van der Waals surface area (Å²) >= 11 is 0. The van der Waals surface area contributed by atoms with Crippen LogP contribution >= 0.6 is 0 Å². The predicted octanol–water partition coefficient (Wildman–Crippen LogP) is 3.88. The summed E-state index contributed by atoms with van der Waals surface area (Å²) in [6, 6.07) is 0. The molecule has 1 heterocycles. The molecule has 0 bridgehead atoms. The van der Waals surface area contributed by atoms with Crippen molar-refractivity contribution in [3.8, 4) is 0 Å². The summed E-state index contributed by atoms with van der Waals surface area (Å²) in [6.07, 6.45) is 10.2. The Morgan fingerprint density at radius 2 is 2.04 bits per heavy atom. The van der Waals surface area contributed by atoms with Gasteiger partial charge in [-0.3, -0.25) is 9.59 Å². The number of hydrogen-bond acceptors (Lipinski definition) is 3. The Morgan fingerprint density at radius 1 is 1.28 bits per heavy atom. The Labute approximate surface area is 149 Å². The number of allylic oxidation sites excluding steroid dienone is 2. The molecule has 5 rings (SSSR count). The number of carbonyl (C=O) groups excluding carboxylic acids is 2. The highest BCUT2D eigenvalue weighted by molar-refractivity contribution is 6.01.